The Morgan fingerprint density at radius 2 is 1.70 bits per heavy atom. The Hall–Kier alpha value is -2.05. The van der Waals surface area contributed by atoms with E-state index in [0.29, 0.717) is 55.0 Å². The first-order chi connectivity index (χ1) is 17.5. The second-order valence-electron chi connectivity index (χ2n) is 11.0. The van der Waals surface area contributed by atoms with Crippen molar-refractivity contribution in [1.29, 1.82) is 0 Å². The van der Waals surface area contributed by atoms with Gasteiger partial charge in [-0.05, 0) is 76.2 Å². The standard InChI is InChI=1S/C28H36F3NO4S/c1-18-5-7-19(8-6-18)25(34)32(20-9-11-21(33)12-10-20)23-17-22(37-24(23)26(35)36-2)13-16-27(28(29,30)31)14-3-4-15-27/h17-21,33H,3-12,14-15H2,1-2H3. The fourth-order valence-corrected chi connectivity index (χ4v) is 6.94. The van der Waals surface area contributed by atoms with Crippen LogP contribution in [-0.2, 0) is 9.53 Å². The van der Waals surface area contributed by atoms with Crippen molar-refractivity contribution in [2.24, 2.45) is 17.3 Å². The van der Waals surface area contributed by atoms with Gasteiger partial charge in [-0.2, -0.15) is 13.2 Å². The van der Waals surface area contributed by atoms with Crippen molar-refractivity contribution in [2.75, 3.05) is 12.0 Å². The minimum Gasteiger partial charge on any atom is -0.465 e. The molecule has 1 aromatic rings. The third-order valence-electron chi connectivity index (χ3n) is 8.40. The molecule has 1 aromatic heterocycles. The first-order valence-corrected chi connectivity index (χ1v) is 14.2. The number of carbonyl (C=O) groups is 2. The molecule has 5 nitrogen and oxygen atoms in total. The van der Waals surface area contributed by atoms with Crippen LogP contribution in [-0.4, -0.2) is 42.4 Å². The quantitative estimate of drug-likeness (QED) is 0.352. The van der Waals surface area contributed by atoms with Gasteiger partial charge in [0.15, 0.2) is 0 Å². The summed E-state index contributed by atoms with van der Waals surface area (Å²) in [6.45, 7) is 2.18. The Labute approximate surface area is 220 Å². The molecule has 1 heterocycles. The van der Waals surface area contributed by atoms with E-state index in [0.717, 1.165) is 37.0 Å². The summed E-state index contributed by atoms with van der Waals surface area (Å²) < 4.78 is 46.6. The van der Waals surface area contributed by atoms with Gasteiger partial charge in [-0.3, -0.25) is 4.79 Å². The molecule has 4 rings (SSSR count). The lowest BCUT2D eigenvalue weighted by Crippen LogP contribution is -2.47. The molecular formula is C28H36F3NO4S. The van der Waals surface area contributed by atoms with Gasteiger partial charge in [0.1, 0.15) is 10.3 Å². The molecule has 0 spiro atoms. The van der Waals surface area contributed by atoms with Crippen LogP contribution in [0.2, 0.25) is 0 Å². The number of alkyl halides is 3. The summed E-state index contributed by atoms with van der Waals surface area (Å²) in [6.07, 6.45) is 1.78. The average Bonchev–Trinajstić information content (AvgIpc) is 3.52. The van der Waals surface area contributed by atoms with Crippen molar-refractivity contribution < 1.29 is 32.6 Å². The normalized spacial score (nSPS) is 27.7. The highest BCUT2D eigenvalue weighted by atomic mass is 32.1. The first-order valence-electron chi connectivity index (χ1n) is 13.4. The van der Waals surface area contributed by atoms with Crippen molar-refractivity contribution >= 4 is 28.9 Å². The molecule has 9 heteroatoms. The molecule has 3 saturated carbocycles. The Morgan fingerprint density at radius 3 is 2.27 bits per heavy atom. The zero-order valence-electron chi connectivity index (χ0n) is 21.5. The number of aliphatic hydroxyl groups excluding tert-OH is 1. The van der Waals surface area contributed by atoms with Gasteiger partial charge in [0.05, 0.1) is 23.8 Å². The second-order valence-corrected chi connectivity index (χ2v) is 12.0. The minimum atomic E-state index is -4.43. The van der Waals surface area contributed by atoms with Crippen LogP contribution in [0.25, 0.3) is 0 Å². The summed E-state index contributed by atoms with van der Waals surface area (Å²) in [5, 5.41) is 10.1. The number of hydrogen-bond acceptors (Lipinski definition) is 5. The van der Waals surface area contributed by atoms with Crippen LogP contribution < -0.4 is 4.90 Å². The summed E-state index contributed by atoms with van der Waals surface area (Å²) in [6, 6.07) is 1.39. The van der Waals surface area contributed by atoms with E-state index in [1.807, 2.05) is 0 Å². The van der Waals surface area contributed by atoms with Crippen LogP contribution in [0.1, 0.15) is 98.5 Å². The van der Waals surface area contributed by atoms with Crippen molar-refractivity contribution in [3.8, 4) is 11.8 Å². The molecule has 0 saturated heterocycles. The highest BCUT2D eigenvalue weighted by molar-refractivity contribution is 7.15. The van der Waals surface area contributed by atoms with Gasteiger partial charge in [-0.1, -0.05) is 31.6 Å². The molecule has 0 aliphatic heterocycles. The van der Waals surface area contributed by atoms with Crippen molar-refractivity contribution in [1.82, 2.24) is 0 Å². The number of anilines is 1. The molecule has 0 bridgehead atoms. The molecule has 37 heavy (non-hydrogen) atoms. The van der Waals surface area contributed by atoms with Crippen LogP contribution in [0.4, 0.5) is 18.9 Å². The zero-order valence-corrected chi connectivity index (χ0v) is 22.3. The van der Waals surface area contributed by atoms with Gasteiger partial charge < -0.3 is 14.7 Å². The number of aliphatic hydroxyl groups is 1. The third-order valence-corrected chi connectivity index (χ3v) is 9.42. The lowest BCUT2D eigenvalue weighted by molar-refractivity contribution is -0.199. The zero-order chi connectivity index (χ0) is 26.8. The minimum absolute atomic E-state index is 0.0271. The van der Waals surface area contributed by atoms with Crippen molar-refractivity contribution in [3.05, 3.63) is 15.8 Å². The van der Waals surface area contributed by atoms with Crippen LogP contribution >= 0.6 is 11.3 Å². The fourth-order valence-electron chi connectivity index (χ4n) is 6.02. The fraction of sp³-hybridized carbons (Fsp3) is 0.714. The molecule has 3 fully saturated rings. The number of halogens is 3. The van der Waals surface area contributed by atoms with E-state index >= 15 is 0 Å². The molecule has 0 radical (unpaired) electrons. The number of ether oxygens (including phenoxy) is 1. The Morgan fingerprint density at radius 1 is 1.08 bits per heavy atom. The molecule has 1 N–H and O–H groups in total. The predicted molar refractivity (Wildman–Crippen MR) is 136 cm³/mol. The van der Waals surface area contributed by atoms with Crippen LogP contribution in [0.15, 0.2) is 6.07 Å². The molecule has 1 amide bonds. The maximum atomic E-state index is 13.9. The number of esters is 1. The van der Waals surface area contributed by atoms with Crippen molar-refractivity contribution in [2.45, 2.75) is 102 Å². The number of hydrogen-bond donors (Lipinski definition) is 1. The molecule has 0 aromatic carbocycles. The summed E-state index contributed by atoms with van der Waals surface area (Å²) in [5.41, 5.74) is -1.66. The summed E-state index contributed by atoms with van der Waals surface area (Å²) in [7, 11) is 1.25. The predicted octanol–water partition coefficient (Wildman–Crippen LogP) is 6.47. The second kappa shape index (κ2) is 11.4. The van der Waals surface area contributed by atoms with E-state index in [2.05, 4.69) is 18.8 Å². The number of rotatable bonds is 4. The summed E-state index contributed by atoms with van der Waals surface area (Å²) in [4.78, 5) is 28.9. The third kappa shape index (κ3) is 6.01. The number of thiophene rings is 1. The Kier molecular flexibility index (Phi) is 8.59. The van der Waals surface area contributed by atoms with Crippen LogP contribution in [0.5, 0.6) is 0 Å². The highest BCUT2D eigenvalue weighted by Gasteiger charge is 2.55. The van der Waals surface area contributed by atoms with E-state index in [4.69, 9.17) is 4.74 Å². The monoisotopic (exact) mass is 539 g/mol. The highest BCUT2D eigenvalue weighted by Crippen LogP contribution is 2.50. The van der Waals surface area contributed by atoms with E-state index in [1.165, 1.54) is 7.11 Å². The molecular weight excluding hydrogens is 503 g/mol. The van der Waals surface area contributed by atoms with Gasteiger partial charge >= 0.3 is 12.1 Å². The SMILES string of the molecule is COC(=O)c1sc(C#CC2(C(F)(F)F)CCCC2)cc1N(C(=O)C1CCC(C)CC1)C1CCC(O)CC1. The number of methoxy groups -OCH3 is 1. The van der Waals surface area contributed by atoms with Crippen LogP contribution in [0.3, 0.4) is 0 Å². The summed E-state index contributed by atoms with van der Waals surface area (Å²) >= 11 is 0.983. The lowest BCUT2D eigenvalue weighted by atomic mass is 9.81. The van der Waals surface area contributed by atoms with Crippen molar-refractivity contribution in [3.63, 3.8) is 0 Å². The van der Waals surface area contributed by atoms with E-state index in [-0.39, 0.29) is 35.6 Å². The van der Waals surface area contributed by atoms with E-state index in [1.54, 1.807) is 11.0 Å². The lowest BCUT2D eigenvalue weighted by Gasteiger charge is -2.38. The Bertz CT molecular complexity index is 1030. The van der Waals surface area contributed by atoms with Gasteiger partial charge in [-0.25, -0.2) is 4.79 Å². The van der Waals surface area contributed by atoms with E-state index < -0.39 is 23.7 Å². The maximum absolute atomic E-state index is 13.9. The van der Waals surface area contributed by atoms with Gasteiger partial charge in [0, 0.05) is 12.0 Å². The first kappa shape index (κ1) is 28.0. The summed E-state index contributed by atoms with van der Waals surface area (Å²) in [5.74, 6) is 4.94. The topological polar surface area (TPSA) is 66.8 Å². The number of carbonyl (C=O) groups excluding carboxylic acids is 2. The molecule has 3 aliphatic rings. The van der Waals surface area contributed by atoms with Crippen LogP contribution in [0, 0.1) is 29.1 Å². The smallest absolute Gasteiger partial charge is 0.405 e. The number of amides is 1. The number of nitrogens with zero attached hydrogens (tertiary/aromatic N) is 1. The molecule has 204 valence electrons. The molecule has 0 unspecified atom stereocenters. The van der Waals surface area contributed by atoms with Gasteiger partial charge in [-0.15, -0.1) is 11.3 Å². The van der Waals surface area contributed by atoms with Gasteiger partial charge in [0.2, 0.25) is 5.91 Å². The molecule has 3 aliphatic carbocycles. The van der Waals surface area contributed by atoms with Gasteiger partial charge in [0.25, 0.3) is 0 Å². The largest absolute Gasteiger partial charge is 0.465 e. The molecule has 0 atom stereocenters. The Balaban J connectivity index is 1.73. The maximum Gasteiger partial charge on any atom is 0.405 e. The van der Waals surface area contributed by atoms with E-state index in [9.17, 15) is 27.9 Å². The average molecular weight is 540 g/mol.